The van der Waals surface area contributed by atoms with Crippen LogP contribution >= 0.6 is 11.3 Å². The van der Waals surface area contributed by atoms with Gasteiger partial charge in [0.1, 0.15) is 17.2 Å². The summed E-state index contributed by atoms with van der Waals surface area (Å²) in [7, 11) is 0. The van der Waals surface area contributed by atoms with Gasteiger partial charge in [-0.1, -0.05) is 30.3 Å². The highest BCUT2D eigenvalue weighted by Crippen LogP contribution is 2.18. The van der Waals surface area contributed by atoms with Crippen LogP contribution in [-0.2, 0) is 6.54 Å². The molecule has 5 nitrogen and oxygen atoms in total. The van der Waals surface area contributed by atoms with E-state index in [2.05, 4.69) is 4.98 Å². The molecule has 1 heterocycles. The molecule has 1 unspecified atom stereocenters. The maximum absolute atomic E-state index is 12.5. The van der Waals surface area contributed by atoms with Gasteiger partial charge < -0.3 is 10.6 Å². The van der Waals surface area contributed by atoms with Crippen LogP contribution in [-0.4, -0.2) is 22.3 Å². The molecule has 6 heteroatoms. The molecule has 0 radical (unpaired) electrons. The zero-order valence-corrected chi connectivity index (χ0v) is 12.5. The number of hydrogen-bond donors (Lipinski definition) is 1. The zero-order valence-electron chi connectivity index (χ0n) is 11.7. The third-order valence-electron chi connectivity index (χ3n) is 2.90. The summed E-state index contributed by atoms with van der Waals surface area (Å²) < 4.78 is 0. The number of hydrogen-bond acceptors (Lipinski definition) is 5. The quantitative estimate of drug-likeness (QED) is 0.859. The number of aromatic nitrogens is 1. The Balaban J connectivity index is 2.17. The van der Waals surface area contributed by atoms with Crippen molar-refractivity contribution in [3.05, 3.63) is 52.0 Å². The maximum atomic E-state index is 12.5. The van der Waals surface area contributed by atoms with Crippen LogP contribution in [0, 0.1) is 11.3 Å². The molecule has 108 valence electrons. The van der Waals surface area contributed by atoms with Crippen LogP contribution in [0.3, 0.4) is 0 Å². The van der Waals surface area contributed by atoms with E-state index in [1.807, 2.05) is 43.3 Å². The fourth-order valence-electron chi connectivity index (χ4n) is 1.85. The fraction of sp³-hybridized carbons (Fsp3) is 0.267. The molecule has 0 bridgehead atoms. The van der Waals surface area contributed by atoms with E-state index in [0.717, 1.165) is 10.6 Å². The van der Waals surface area contributed by atoms with Crippen molar-refractivity contribution < 1.29 is 4.79 Å². The lowest BCUT2D eigenvalue weighted by atomic mass is 10.2. The van der Waals surface area contributed by atoms with E-state index in [9.17, 15) is 4.79 Å². The molecule has 1 aromatic heterocycles. The highest BCUT2D eigenvalue weighted by molar-refractivity contribution is 7.09. The van der Waals surface area contributed by atoms with Gasteiger partial charge in [-0.3, -0.25) is 4.79 Å². The molecule has 1 amide bonds. The summed E-state index contributed by atoms with van der Waals surface area (Å²) in [5.41, 5.74) is 7.08. The Labute approximate surface area is 127 Å². The second-order valence-electron chi connectivity index (χ2n) is 4.66. The second-order valence-corrected chi connectivity index (χ2v) is 5.55. The van der Waals surface area contributed by atoms with Crippen molar-refractivity contribution in [1.82, 2.24) is 9.88 Å². The van der Waals surface area contributed by atoms with Gasteiger partial charge in [-0.25, -0.2) is 4.98 Å². The van der Waals surface area contributed by atoms with Crippen LogP contribution in [0.2, 0.25) is 0 Å². The topological polar surface area (TPSA) is 83.0 Å². The highest BCUT2D eigenvalue weighted by atomic mass is 32.1. The summed E-state index contributed by atoms with van der Waals surface area (Å²) in [5.74, 6) is -0.247. The molecule has 0 fully saturated rings. The van der Waals surface area contributed by atoms with Crippen molar-refractivity contribution in [1.29, 1.82) is 5.26 Å². The number of nitrogens with two attached hydrogens (primary N) is 1. The van der Waals surface area contributed by atoms with Gasteiger partial charge in [0.2, 0.25) is 0 Å². The maximum Gasteiger partial charge on any atom is 0.274 e. The van der Waals surface area contributed by atoms with E-state index < -0.39 is 0 Å². The van der Waals surface area contributed by atoms with Crippen molar-refractivity contribution in [3.8, 4) is 6.07 Å². The van der Waals surface area contributed by atoms with E-state index in [-0.39, 0.29) is 18.5 Å². The summed E-state index contributed by atoms with van der Waals surface area (Å²) in [5, 5.41) is 11.3. The molecule has 0 aliphatic rings. The summed E-state index contributed by atoms with van der Waals surface area (Å²) >= 11 is 1.36. The molecule has 21 heavy (non-hydrogen) atoms. The zero-order chi connectivity index (χ0) is 15.2. The van der Waals surface area contributed by atoms with Crippen LogP contribution < -0.4 is 5.73 Å². The number of nitriles is 1. The Bertz CT molecular complexity index is 645. The van der Waals surface area contributed by atoms with Gasteiger partial charge in [-0.05, 0) is 12.5 Å². The summed E-state index contributed by atoms with van der Waals surface area (Å²) in [4.78, 5) is 18.2. The molecule has 0 aliphatic carbocycles. The lowest BCUT2D eigenvalue weighted by molar-refractivity contribution is 0.0759. The first-order valence-corrected chi connectivity index (χ1v) is 7.41. The minimum atomic E-state index is -0.247. The van der Waals surface area contributed by atoms with E-state index in [1.165, 1.54) is 16.2 Å². The van der Waals surface area contributed by atoms with Gasteiger partial charge >= 0.3 is 0 Å². The third kappa shape index (κ3) is 3.88. The van der Waals surface area contributed by atoms with Gasteiger partial charge in [0.05, 0.1) is 12.1 Å². The first-order valence-electron chi connectivity index (χ1n) is 6.53. The Hall–Kier alpha value is -2.23. The average Bonchev–Trinajstić information content (AvgIpc) is 2.97. The molecular formula is C15H16N4OS. The molecule has 0 spiro atoms. The van der Waals surface area contributed by atoms with Crippen molar-refractivity contribution in [2.24, 2.45) is 5.73 Å². The van der Waals surface area contributed by atoms with Crippen LogP contribution in [0.15, 0.2) is 35.7 Å². The monoisotopic (exact) mass is 300 g/mol. The largest absolute Gasteiger partial charge is 0.322 e. The van der Waals surface area contributed by atoms with E-state index >= 15 is 0 Å². The number of carbonyl (C=O) groups is 1. The van der Waals surface area contributed by atoms with Crippen LogP contribution in [0.5, 0.6) is 0 Å². The lowest BCUT2D eigenvalue weighted by Crippen LogP contribution is -2.31. The predicted octanol–water partition coefficient (Wildman–Crippen LogP) is 2.33. The number of rotatable bonds is 5. The Morgan fingerprint density at radius 3 is 2.76 bits per heavy atom. The third-order valence-corrected chi connectivity index (χ3v) is 3.94. The fourth-order valence-corrected chi connectivity index (χ4v) is 2.60. The summed E-state index contributed by atoms with van der Waals surface area (Å²) in [6, 6.07) is 11.4. The van der Waals surface area contributed by atoms with Crippen molar-refractivity contribution in [2.45, 2.75) is 19.5 Å². The average molecular weight is 300 g/mol. The van der Waals surface area contributed by atoms with Crippen molar-refractivity contribution in [2.75, 3.05) is 6.54 Å². The first kappa shape index (κ1) is 15.2. The van der Waals surface area contributed by atoms with Crippen molar-refractivity contribution >= 4 is 17.2 Å². The molecule has 1 atom stereocenters. The van der Waals surface area contributed by atoms with Gasteiger partial charge in [-0.15, -0.1) is 11.3 Å². The first-order chi connectivity index (χ1) is 10.1. The highest BCUT2D eigenvalue weighted by Gasteiger charge is 2.19. The number of benzene rings is 1. The molecule has 2 rings (SSSR count). The van der Waals surface area contributed by atoms with E-state index in [1.54, 1.807) is 5.38 Å². The minimum Gasteiger partial charge on any atom is -0.322 e. The van der Waals surface area contributed by atoms with Crippen LogP contribution in [0.4, 0.5) is 0 Å². The van der Waals surface area contributed by atoms with Crippen molar-refractivity contribution in [3.63, 3.8) is 0 Å². The molecule has 1 aromatic carbocycles. The SMILES string of the molecule is CC(N)c1nc(C(=O)N(CC#N)Cc2ccccc2)cs1. The van der Waals surface area contributed by atoms with Crippen LogP contribution in [0.25, 0.3) is 0 Å². The smallest absolute Gasteiger partial charge is 0.274 e. The lowest BCUT2D eigenvalue weighted by Gasteiger charge is -2.18. The number of amides is 1. The summed E-state index contributed by atoms with van der Waals surface area (Å²) in [6.45, 7) is 2.24. The normalized spacial score (nSPS) is 11.7. The molecule has 2 N–H and O–H groups in total. The van der Waals surface area contributed by atoms with Gasteiger partial charge in [-0.2, -0.15) is 5.26 Å². The van der Waals surface area contributed by atoms with E-state index in [0.29, 0.717) is 12.2 Å². The Morgan fingerprint density at radius 1 is 1.48 bits per heavy atom. The number of carbonyl (C=O) groups excluding carboxylic acids is 1. The second kappa shape index (κ2) is 6.97. The number of thiazole rings is 1. The molecular weight excluding hydrogens is 284 g/mol. The minimum absolute atomic E-state index is 0.0266. The van der Waals surface area contributed by atoms with E-state index in [4.69, 9.17) is 11.0 Å². The molecule has 0 aliphatic heterocycles. The Kier molecular flexibility index (Phi) is 5.04. The Morgan fingerprint density at radius 2 is 2.19 bits per heavy atom. The standard InChI is InChI=1S/C15H16N4OS/c1-11(17)14-18-13(10-21-14)15(20)19(8-7-16)9-12-5-3-2-4-6-12/h2-6,10-11H,8-9,17H2,1H3. The van der Waals surface area contributed by atoms with Gasteiger partial charge in [0, 0.05) is 11.9 Å². The van der Waals surface area contributed by atoms with Crippen LogP contribution in [0.1, 0.15) is 34.0 Å². The predicted molar refractivity (Wildman–Crippen MR) is 81.5 cm³/mol. The molecule has 0 saturated carbocycles. The van der Waals surface area contributed by atoms with Gasteiger partial charge in [0.25, 0.3) is 5.91 Å². The molecule has 2 aromatic rings. The van der Waals surface area contributed by atoms with Gasteiger partial charge in [0.15, 0.2) is 0 Å². The number of nitrogens with zero attached hydrogens (tertiary/aromatic N) is 3. The summed E-state index contributed by atoms with van der Waals surface area (Å²) in [6.07, 6.45) is 0. The molecule has 0 saturated heterocycles.